The zero-order chi connectivity index (χ0) is 14.0. The molecule has 1 saturated heterocycles. The molecule has 1 aliphatic heterocycles. The molecule has 2 rings (SSSR count). The molecule has 1 aliphatic rings. The number of rotatable bonds is 3. The predicted octanol–water partition coefficient (Wildman–Crippen LogP) is 1.31. The molecule has 0 spiro atoms. The lowest BCUT2D eigenvalue weighted by Gasteiger charge is -2.37. The quantitative estimate of drug-likeness (QED) is 0.891. The summed E-state index contributed by atoms with van der Waals surface area (Å²) in [6.45, 7) is 7.39. The van der Waals surface area contributed by atoms with Gasteiger partial charge in [-0.25, -0.2) is 9.97 Å². The van der Waals surface area contributed by atoms with Gasteiger partial charge in [-0.3, -0.25) is 4.90 Å². The monoisotopic (exact) mass is 263 g/mol. The first kappa shape index (κ1) is 14.2. The van der Waals surface area contributed by atoms with Gasteiger partial charge < -0.3 is 10.2 Å². The largest absolute Gasteiger partial charge is 0.373 e. The Morgan fingerprint density at radius 2 is 2.00 bits per heavy atom. The average Bonchev–Trinajstić information content (AvgIpc) is 2.40. The van der Waals surface area contributed by atoms with Crippen molar-refractivity contribution >= 4 is 5.82 Å². The van der Waals surface area contributed by atoms with Crippen molar-refractivity contribution in [1.29, 1.82) is 0 Å². The van der Waals surface area contributed by atoms with E-state index in [0.717, 1.165) is 43.4 Å². The Labute approximate surface area is 116 Å². The van der Waals surface area contributed by atoms with E-state index in [1.165, 1.54) is 5.56 Å². The Balaban J connectivity index is 2.36. The molecule has 5 heteroatoms. The van der Waals surface area contributed by atoms with Crippen molar-refractivity contribution in [3.63, 3.8) is 0 Å². The number of aromatic nitrogens is 2. The molecule has 0 aromatic carbocycles. The molecule has 0 aliphatic carbocycles. The Bertz CT molecular complexity index is 446. The molecule has 1 unspecified atom stereocenters. The van der Waals surface area contributed by atoms with E-state index in [1.807, 2.05) is 7.05 Å². The van der Waals surface area contributed by atoms with Gasteiger partial charge in [-0.15, -0.1) is 0 Å². The summed E-state index contributed by atoms with van der Waals surface area (Å²) in [4.78, 5) is 14.2. The molecule has 1 aromatic rings. The van der Waals surface area contributed by atoms with Crippen LogP contribution < -0.4 is 5.32 Å². The molecule has 106 valence electrons. The maximum absolute atomic E-state index is 4.74. The van der Waals surface area contributed by atoms with Gasteiger partial charge in [0.25, 0.3) is 0 Å². The molecule has 0 radical (unpaired) electrons. The molecule has 0 amide bonds. The van der Waals surface area contributed by atoms with E-state index >= 15 is 0 Å². The summed E-state index contributed by atoms with van der Waals surface area (Å²) in [5.74, 6) is 1.92. The van der Waals surface area contributed by atoms with Crippen LogP contribution in [0.3, 0.4) is 0 Å². The summed E-state index contributed by atoms with van der Waals surface area (Å²) in [5, 5.41) is 3.21. The van der Waals surface area contributed by atoms with E-state index in [9.17, 15) is 0 Å². The van der Waals surface area contributed by atoms with Gasteiger partial charge in [-0.1, -0.05) is 6.92 Å². The number of aryl methyl sites for hydroxylation is 1. The Kier molecular flexibility index (Phi) is 4.37. The van der Waals surface area contributed by atoms with E-state index in [0.29, 0.717) is 0 Å². The molecule has 1 fully saturated rings. The minimum Gasteiger partial charge on any atom is -0.373 e. The fourth-order valence-electron chi connectivity index (χ4n) is 2.69. The molecule has 1 N–H and O–H groups in total. The number of piperazine rings is 1. The molecular formula is C14H25N5. The third kappa shape index (κ3) is 2.87. The topological polar surface area (TPSA) is 44.3 Å². The van der Waals surface area contributed by atoms with E-state index in [1.54, 1.807) is 0 Å². The summed E-state index contributed by atoms with van der Waals surface area (Å²) in [6.07, 6.45) is 0.961. The first-order valence-corrected chi connectivity index (χ1v) is 7.00. The van der Waals surface area contributed by atoms with Gasteiger partial charge in [0.05, 0.1) is 6.04 Å². The molecule has 0 bridgehead atoms. The molecule has 2 heterocycles. The van der Waals surface area contributed by atoms with Gasteiger partial charge in [-0.2, -0.15) is 0 Å². The van der Waals surface area contributed by atoms with Gasteiger partial charge in [-0.05, 0) is 27.4 Å². The van der Waals surface area contributed by atoms with Gasteiger partial charge in [0, 0.05) is 37.9 Å². The highest BCUT2D eigenvalue weighted by Crippen LogP contribution is 2.24. The Morgan fingerprint density at radius 1 is 1.26 bits per heavy atom. The Hall–Kier alpha value is -1.20. The summed E-state index contributed by atoms with van der Waals surface area (Å²) >= 11 is 0. The second-order valence-electron chi connectivity index (χ2n) is 5.36. The highest BCUT2D eigenvalue weighted by Gasteiger charge is 2.27. The summed E-state index contributed by atoms with van der Waals surface area (Å²) < 4.78 is 0. The first-order chi connectivity index (χ1) is 9.06. The average molecular weight is 263 g/mol. The molecular weight excluding hydrogens is 238 g/mol. The van der Waals surface area contributed by atoms with E-state index in [4.69, 9.17) is 9.97 Å². The van der Waals surface area contributed by atoms with Crippen LogP contribution in [0, 0.1) is 6.92 Å². The molecule has 19 heavy (non-hydrogen) atoms. The van der Waals surface area contributed by atoms with Crippen LogP contribution in [0.4, 0.5) is 5.82 Å². The van der Waals surface area contributed by atoms with Crippen molar-refractivity contribution in [2.45, 2.75) is 26.3 Å². The van der Waals surface area contributed by atoms with Crippen LogP contribution in [0.15, 0.2) is 0 Å². The summed E-state index contributed by atoms with van der Waals surface area (Å²) in [5.41, 5.74) is 2.32. The first-order valence-electron chi connectivity index (χ1n) is 7.00. The third-order valence-electron chi connectivity index (χ3n) is 3.97. The minimum atomic E-state index is 0.287. The maximum atomic E-state index is 4.74. The second kappa shape index (κ2) is 5.84. The molecule has 5 nitrogen and oxygen atoms in total. The number of hydrogen-bond donors (Lipinski definition) is 1. The summed E-state index contributed by atoms with van der Waals surface area (Å²) in [7, 11) is 6.25. The van der Waals surface area contributed by atoms with Gasteiger partial charge >= 0.3 is 0 Å². The zero-order valence-electron chi connectivity index (χ0n) is 12.7. The van der Waals surface area contributed by atoms with Crippen molar-refractivity contribution in [3.8, 4) is 0 Å². The SMILES string of the molecule is CCc1c(C)nc(C2CN(C)CCN2C)nc1NC. The fourth-order valence-corrected chi connectivity index (χ4v) is 2.69. The molecule has 1 aromatic heterocycles. The highest BCUT2D eigenvalue weighted by atomic mass is 15.3. The van der Waals surface area contributed by atoms with Crippen LogP contribution in [-0.4, -0.2) is 60.5 Å². The number of nitrogens with one attached hydrogen (secondary N) is 1. The van der Waals surface area contributed by atoms with Crippen LogP contribution in [0.5, 0.6) is 0 Å². The highest BCUT2D eigenvalue weighted by molar-refractivity contribution is 5.46. The minimum absolute atomic E-state index is 0.287. The lowest BCUT2D eigenvalue weighted by Crippen LogP contribution is -2.45. The number of hydrogen-bond acceptors (Lipinski definition) is 5. The standard InChI is InChI=1S/C14H25N5/c1-6-11-10(2)16-14(17-13(11)15-3)12-9-18(4)7-8-19(12)5/h12H,6-9H2,1-5H3,(H,15,16,17). The summed E-state index contributed by atoms with van der Waals surface area (Å²) in [6, 6.07) is 0.287. The number of nitrogens with zero attached hydrogens (tertiary/aromatic N) is 4. The van der Waals surface area contributed by atoms with Crippen LogP contribution in [0.2, 0.25) is 0 Å². The predicted molar refractivity (Wildman–Crippen MR) is 78.6 cm³/mol. The van der Waals surface area contributed by atoms with Crippen LogP contribution in [-0.2, 0) is 6.42 Å². The van der Waals surface area contributed by atoms with Gasteiger partial charge in [0.1, 0.15) is 11.6 Å². The normalized spacial score (nSPS) is 21.6. The fraction of sp³-hybridized carbons (Fsp3) is 0.714. The van der Waals surface area contributed by atoms with Crippen molar-refractivity contribution in [2.24, 2.45) is 0 Å². The van der Waals surface area contributed by atoms with E-state index < -0.39 is 0 Å². The lowest BCUT2D eigenvalue weighted by atomic mass is 10.1. The van der Waals surface area contributed by atoms with Gasteiger partial charge in [0.15, 0.2) is 0 Å². The zero-order valence-corrected chi connectivity index (χ0v) is 12.7. The Morgan fingerprint density at radius 3 is 2.63 bits per heavy atom. The van der Waals surface area contributed by atoms with Crippen LogP contribution in [0.1, 0.15) is 30.0 Å². The molecule has 0 saturated carbocycles. The van der Waals surface area contributed by atoms with Crippen molar-refractivity contribution in [2.75, 3.05) is 46.1 Å². The number of anilines is 1. The van der Waals surface area contributed by atoms with E-state index in [-0.39, 0.29) is 6.04 Å². The van der Waals surface area contributed by atoms with Crippen LogP contribution in [0.25, 0.3) is 0 Å². The van der Waals surface area contributed by atoms with Crippen LogP contribution >= 0.6 is 0 Å². The second-order valence-corrected chi connectivity index (χ2v) is 5.36. The third-order valence-corrected chi connectivity index (χ3v) is 3.97. The lowest BCUT2D eigenvalue weighted by molar-refractivity contribution is 0.109. The molecule has 1 atom stereocenters. The number of likely N-dealkylation sites (N-methyl/N-ethyl adjacent to an activating group) is 2. The van der Waals surface area contributed by atoms with E-state index in [2.05, 4.69) is 43.1 Å². The maximum Gasteiger partial charge on any atom is 0.149 e. The smallest absolute Gasteiger partial charge is 0.149 e. The van der Waals surface area contributed by atoms with Crippen molar-refractivity contribution in [1.82, 2.24) is 19.8 Å². The van der Waals surface area contributed by atoms with Gasteiger partial charge in [0.2, 0.25) is 0 Å². The van der Waals surface area contributed by atoms with Crippen molar-refractivity contribution in [3.05, 3.63) is 17.1 Å². The van der Waals surface area contributed by atoms with Crippen molar-refractivity contribution < 1.29 is 0 Å².